The molecule has 2 amide bonds. The summed E-state index contributed by atoms with van der Waals surface area (Å²) in [4.78, 5) is 35.9. The standard InChI is InChI=1S/C23H26N2O5S/c1-14(21(26)25-20(22(27)28)11-12-31-2)24-23(29)30-13-19-17-9-5-3-7-15(17)16-8-4-6-10-18(16)19/h3-10,14,19-20H,11-13H2,1-2H3,(H,24,29)(H,25,26)(H,27,28)/t14-,20+/m0/s1. The SMILES string of the molecule is CSCC[C@@H](NC(=O)[C@H](C)NC(=O)OCC1c2ccccc2-c2ccccc21)C(=O)O. The fraction of sp³-hybridized carbons (Fsp3) is 0.348. The van der Waals surface area contributed by atoms with Crippen molar-refractivity contribution >= 4 is 29.7 Å². The van der Waals surface area contributed by atoms with Crippen LogP contribution in [0.5, 0.6) is 0 Å². The molecule has 0 radical (unpaired) electrons. The summed E-state index contributed by atoms with van der Waals surface area (Å²) < 4.78 is 5.43. The zero-order chi connectivity index (χ0) is 22.4. The zero-order valence-corrected chi connectivity index (χ0v) is 18.3. The van der Waals surface area contributed by atoms with Gasteiger partial charge in [-0.15, -0.1) is 0 Å². The molecule has 0 fully saturated rings. The summed E-state index contributed by atoms with van der Waals surface area (Å²) in [6.07, 6.45) is 1.45. The number of carboxylic acid groups (broad SMARTS) is 1. The van der Waals surface area contributed by atoms with Crippen LogP contribution >= 0.6 is 11.8 Å². The first kappa shape index (κ1) is 22.7. The fourth-order valence-electron chi connectivity index (χ4n) is 3.67. The molecule has 1 aliphatic carbocycles. The summed E-state index contributed by atoms with van der Waals surface area (Å²) in [7, 11) is 0. The maximum Gasteiger partial charge on any atom is 0.407 e. The second-order valence-electron chi connectivity index (χ2n) is 7.37. The number of carboxylic acids is 1. The highest BCUT2D eigenvalue weighted by atomic mass is 32.2. The third-order valence-corrected chi connectivity index (χ3v) is 5.94. The van der Waals surface area contributed by atoms with E-state index in [4.69, 9.17) is 4.74 Å². The number of hydrogen-bond donors (Lipinski definition) is 3. The maximum atomic E-state index is 12.3. The van der Waals surface area contributed by atoms with Crippen molar-refractivity contribution in [1.29, 1.82) is 0 Å². The van der Waals surface area contributed by atoms with Gasteiger partial charge in [-0.05, 0) is 47.6 Å². The minimum absolute atomic E-state index is 0.0785. The molecule has 3 N–H and O–H groups in total. The molecule has 0 unspecified atom stereocenters. The molecule has 0 aromatic heterocycles. The minimum Gasteiger partial charge on any atom is -0.480 e. The highest BCUT2D eigenvalue weighted by molar-refractivity contribution is 7.98. The number of fused-ring (bicyclic) bond motifs is 3. The van der Waals surface area contributed by atoms with Crippen molar-refractivity contribution in [2.75, 3.05) is 18.6 Å². The zero-order valence-electron chi connectivity index (χ0n) is 17.5. The Morgan fingerprint density at radius 1 is 1.03 bits per heavy atom. The topological polar surface area (TPSA) is 105 Å². The molecule has 0 saturated carbocycles. The van der Waals surface area contributed by atoms with Crippen LogP contribution in [0, 0.1) is 0 Å². The molecule has 3 rings (SSSR count). The van der Waals surface area contributed by atoms with Gasteiger partial charge in [0.2, 0.25) is 5.91 Å². The van der Waals surface area contributed by atoms with Crippen molar-refractivity contribution in [2.24, 2.45) is 0 Å². The van der Waals surface area contributed by atoms with Crippen LogP contribution in [0.4, 0.5) is 4.79 Å². The lowest BCUT2D eigenvalue weighted by atomic mass is 9.98. The van der Waals surface area contributed by atoms with Crippen LogP contribution in [0.3, 0.4) is 0 Å². The summed E-state index contributed by atoms with van der Waals surface area (Å²) in [6, 6.07) is 14.1. The van der Waals surface area contributed by atoms with Crippen molar-refractivity contribution in [3.8, 4) is 11.1 Å². The second kappa shape index (κ2) is 10.3. The lowest BCUT2D eigenvalue weighted by Crippen LogP contribution is -2.50. The molecular weight excluding hydrogens is 416 g/mol. The quantitative estimate of drug-likeness (QED) is 0.551. The maximum absolute atomic E-state index is 12.3. The van der Waals surface area contributed by atoms with Gasteiger partial charge in [-0.3, -0.25) is 4.79 Å². The van der Waals surface area contributed by atoms with Crippen LogP contribution in [-0.4, -0.2) is 53.8 Å². The third kappa shape index (κ3) is 5.38. The van der Waals surface area contributed by atoms with Gasteiger partial charge < -0.3 is 20.5 Å². The summed E-state index contributed by atoms with van der Waals surface area (Å²) in [5, 5.41) is 14.2. The number of thioether (sulfide) groups is 1. The average molecular weight is 443 g/mol. The summed E-state index contributed by atoms with van der Waals surface area (Å²) in [5.41, 5.74) is 4.45. The van der Waals surface area contributed by atoms with Crippen molar-refractivity contribution < 1.29 is 24.2 Å². The van der Waals surface area contributed by atoms with E-state index in [1.807, 2.05) is 42.7 Å². The van der Waals surface area contributed by atoms with E-state index in [0.29, 0.717) is 12.2 Å². The van der Waals surface area contributed by atoms with Crippen LogP contribution in [0.15, 0.2) is 48.5 Å². The average Bonchev–Trinajstić information content (AvgIpc) is 3.08. The smallest absolute Gasteiger partial charge is 0.407 e. The summed E-state index contributed by atoms with van der Waals surface area (Å²) >= 11 is 1.50. The molecule has 8 heteroatoms. The first-order chi connectivity index (χ1) is 14.9. The molecule has 2 aromatic rings. The number of amides is 2. The molecule has 31 heavy (non-hydrogen) atoms. The van der Waals surface area contributed by atoms with E-state index in [0.717, 1.165) is 22.3 Å². The van der Waals surface area contributed by atoms with Crippen LogP contribution in [0.2, 0.25) is 0 Å². The third-order valence-electron chi connectivity index (χ3n) is 5.30. The molecule has 2 atom stereocenters. The number of aliphatic carboxylic acids is 1. The number of benzene rings is 2. The summed E-state index contributed by atoms with van der Waals surface area (Å²) in [5.74, 6) is -1.14. The van der Waals surface area contributed by atoms with Crippen LogP contribution in [0.1, 0.15) is 30.4 Å². The molecule has 1 aliphatic rings. The van der Waals surface area contributed by atoms with Gasteiger partial charge in [0.05, 0.1) is 0 Å². The van der Waals surface area contributed by atoms with Gasteiger partial charge in [-0.1, -0.05) is 48.5 Å². The highest BCUT2D eigenvalue weighted by Crippen LogP contribution is 2.44. The molecule has 164 valence electrons. The normalized spacial score (nSPS) is 14.1. The molecule has 0 heterocycles. The summed E-state index contributed by atoms with van der Waals surface area (Å²) in [6.45, 7) is 1.63. The van der Waals surface area contributed by atoms with Gasteiger partial charge in [-0.2, -0.15) is 11.8 Å². The van der Waals surface area contributed by atoms with Gasteiger partial charge in [0.25, 0.3) is 0 Å². The van der Waals surface area contributed by atoms with Gasteiger partial charge in [0.1, 0.15) is 18.7 Å². The number of nitrogens with one attached hydrogen (secondary N) is 2. The van der Waals surface area contributed by atoms with Gasteiger partial charge >= 0.3 is 12.1 Å². The van der Waals surface area contributed by atoms with Crippen LogP contribution < -0.4 is 10.6 Å². The first-order valence-corrected chi connectivity index (χ1v) is 11.5. The van der Waals surface area contributed by atoms with Gasteiger partial charge in [0.15, 0.2) is 0 Å². The van der Waals surface area contributed by atoms with Crippen molar-refractivity contribution in [3.05, 3.63) is 59.7 Å². The Morgan fingerprint density at radius 3 is 2.16 bits per heavy atom. The molecule has 2 aromatic carbocycles. The highest BCUT2D eigenvalue weighted by Gasteiger charge is 2.29. The molecule has 0 bridgehead atoms. The number of ether oxygens (including phenoxy) is 1. The van der Waals surface area contributed by atoms with E-state index in [-0.39, 0.29) is 12.5 Å². The van der Waals surface area contributed by atoms with E-state index in [2.05, 4.69) is 22.8 Å². The predicted molar refractivity (Wildman–Crippen MR) is 120 cm³/mol. The molecular formula is C23H26N2O5S. The Morgan fingerprint density at radius 2 is 1.61 bits per heavy atom. The van der Waals surface area contributed by atoms with Gasteiger partial charge in [-0.25, -0.2) is 9.59 Å². The lowest BCUT2D eigenvalue weighted by molar-refractivity contribution is -0.142. The Bertz CT molecular complexity index is 919. The Labute approximate surface area is 185 Å². The van der Waals surface area contributed by atoms with Gasteiger partial charge in [0, 0.05) is 5.92 Å². The largest absolute Gasteiger partial charge is 0.480 e. The van der Waals surface area contributed by atoms with Crippen molar-refractivity contribution in [2.45, 2.75) is 31.3 Å². The number of carbonyl (C=O) groups is 3. The number of rotatable bonds is 9. The molecule has 0 saturated heterocycles. The van der Waals surface area contributed by atoms with E-state index in [1.54, 1.807) is 0 Å². The molecule has 0 aliphatic heterocycles. The Kier molecular flexibility index (Phi) is 7.57. The molecule has 7 nitrogen and oxygen atoms in total. The van der Waals surface area contributed by atoms with Crippen molar-refractivity contribution in [3.63, 3.8) is 0 Å². The van der Waals surface area contributed by atoms with E-state index in [9.17, 15) is 19.5 Å². The van der Waals surface area contributed by atoms with E-state index < -0.39 is 30.1 Å². The fourth-order valence-corrected chi connectivity index (χ4v) is 4.14. The minimum atomic E-state index is -1.10. The monoisotopic (exact) mass is 442 g/mol. The number of hydrogen-bond acceptors (Lipinski definition) is 5. The van der Waals surface area contributed by atoms with Crippen LogP contribution in [0.25, 0.3) is 11.1 Å². The number of carbonyl (C=O) groups excluding carboxylic acids is 2. The Hall–Kier alpha value is -3.00. The van der Waals surface area contributed by atoms with Crippen molar-refractivity contribution in [1.82, 2.24) is 10.6 Å². The van der Waals surface area contributed by atoms with Crippen LogP contribution in [-0.2, 0) is 14.3 Å². The lowest BCUT2D eigenvalue weighted by Gasteiger charge is -2.19. The Balaban J connectivity index is 1.57. The molecule has 0 spiro atoms. The first-order valence-electron chi connectivity index (χ1n) is 10.1. The predicted octanol–water partition coefficient (Wildman–Crippen LogP) is 3.24. The van der Waals surface area contributed by atoms with E-state index >= 15 is 0 Å². The van der Waals surface area contributed by atoms with E-state index in [1.165, 1.54) is 18.7 Å². The number of alkyl carbamates (subject to hydrolysis) is 1. The second-order valence-corrected chi connectivity index (χ2v) is 8.36.